The van der Waals surface area contributed by atoms with Gasteiger partial charge in [0, 0.05) is 24.5 Å². The molecule has 8 heteroatoms. The van der Waals surface area contributed by atoms with Crippen molar-refractivity contribution in [2.45, 2.75) is 38.1 Å². The molecule has 0 bridgehead atoms. The van der Waals surface area contributed by atoms with Crippen molar-refractivity contribution in [3.8, 4) is 11.5 Å². The molecule has 1 aromatic carbocycles. The van der Waals surface area contributed by atoms with Crippen molar-refractivity contribution in [2.24, 2.45) is 11.8 Å². The molecule has 3 N–H and O–H groups in total. The number of ketones is 1. The van der Waals surface area contributed by atoms with Crippen molar-refractivity contribution >= 4 is 23.8 Å². The second kappa shape index (κ2) is 8.48. The molecule has 0 aromatic heterocycles. The van der Waals surface area contributed by atoms with Gasteiger partial charge in [-0.1, -0.05) is 12.1 Å². The van der Waals surface area contributed by atoms with Crippen molar-refractivity contribution in [3.63, 3.8) is 0 Å². The lowest BCUT2D eigenvalue weighted by Gasteiger charge is -2.24. The Morgan fingerprint density at radius 2 is 2.03 bits per heavy atom. The minimum atomic E-state index is -0.989. The highest BCUT2D eigenvalue weighted by molar-refractivity contribution is 5.93. The van der Waals surface area contributed by atoms with E-state index < -0.39 is 36.2 Å². The summed E-state index contributed by atoms with van der Waals surface area (Å²) < 4.78 is 10.2. The van der Waals surface area contributed by atoms with Crippen LogP contribution >= 0.6 is 0 Å². The van der Waals surface area contributed by atoms with Gasteiger partial charge in [0.15, 0.2) is 23.4 Å². The van der Waals surface area contributed by atoms with Crippen molar-refractivity contribution in [1.82, 2.24) is 0 Å². The summed E-state index contributed by atoms with van der Waals surface area (Å²) in [5, 5.41) is 29.0. The molecule has 2 aliphatic rings. The Labute approximate surface area is 167 Å². The van der Waals surface area contributed by atoms with E-state index in [1.807, 2.05) is 0 Å². The third-order valence-electron chi connectivity index (χ3n) is 5.02. The van der Waals surface area contributed by atoms with Crippen LogP contribution in [0, 0.1) is 11.8 Å². The third-order valence-corrected chi connectivity index (χ3v) is 5.02. The van der Waals surface area contributed by atoms with Gasteiger partial charge in [-0.25, -0.2) is 9.59 Å². The Hall–Kier alpha value is -3.13. The number of hydrogen-bond donors (Lipinski definition) is 3. The molecule has 5 atom stereocenters. The normalized spacial score (nSPS) is 25.3. The van der Waals surface area contributed by atoms with Gasteiger partial charge in [0.25, 0.3) is 0 Å². The van der Waals surface area contributed by atoms with Crippen LogP contribution in [0.25, 0.3) is 6.08 Å². The number of cyclic esters (lactones) is 1. The molecule has 1 aliphatic carbocycles. The lowest BCUT2D eigenvalue weighted by molar-refractivity contribution is -0.152. The number of aliphatic hydroxyl groups excluding tert-OH is 1. The van der Waals surface area contributed by atoms with Crippen LogP contribution in [0.3, 0.4) is 0 Å². The maximum atomic E-state index is 12.5. The quantitative estimate of drug-likeness (QED) is 0.355. The number of Topliss-reactive ketones (excluding diaryl/α,β-unsaturated/α-hetero) is 1. The lowest BCUT2D eigenvalue weighted by atomic mass is 10.0. The number of carbonyl (C=O) groups excluding carboxylic acids is 3. The molecule has 8 nitrogen and oxygen atoms in total. The highest BCUT2D eigenvalue weighted by Gasteiger charge is 2.51. The van der Waals surface area contributed by atoms with Crippen LogP contribution < -0.4 is 0 Å². The maximum Gasteiger partial charge on any atom is 0.331 e. The number of phenolic OH excluding ortho intramolecular Hbond substituents is 2. The number of phenols is 2. The number of aromatic hydroxyl groups is 2. The van der Waals surface area contributed by atoms with E-state index in [0.717, 1.165) is 6.08 Å². The Kier molecular flexibility index (Phi) is 6.03. The van der Waals surface area contributed by atoms with Gasteiger partial charge in [0.1, 0.15) is 6.10 Å². The van der Waals surface area contributed by atoms with Gasteiger partial charge in [0.2, 0.25) is 0 Å². The standard InChI is InChI=1S/C21H22O8/c1-11(28-19(25)8-6-12-5-7-15(22)16(23)9-12)20(26)13-10-14(13)21(27)17-3-2-4-18(24)29-17/h2,4-9,11,13-14,17,21-23,27H,3,10H2,1H3/t11?,13-,14-,17+,21-/m0/s1. The zero-order valence-corrected chi connectivity index (χ0v) is 15.7. The van der Waals surface area contributed by atoms with E-state index in [9.17, 15) is 29.7 Å². The molecule has 0 saturated heterocycles. The van der Waals surface area contributed by atoms with Crippen molar-refractivity contribution in [2.75, 3.05) is 0 Å². The van der Waals surface area contributed by atoms with Gasteiger partial charge in [-0.3, -0.25) is 4.79 Å². The molecule has 0 amide bonds. The lowest BCUT2D eigenvalue weighted by Crippen LogP contribution is -2.35. The van der Waals surface area contributed by atoms with Crippen molar-refractivity contribution in [3.05, 3.63) is 42.0 Å². The van der Waals surface area contributed by atoms with E-state index >= 15 is 0 Å². The molecule has 0 spiro atoms. The summed E-state index contributed by atoms with van der Waals surface area (Å²) in [7, 11) is 0. The Bertz CT molecular complexity index is 871. The van der Waals surface area contributed by atoms with E-state index in [1.165, 1.54) is 37.3 Å². The van der Waals surface area contributed by atoms with Crippen molar-refractivity contribution in [1.29, 1.82) is 0 Å². The summed E-state index contributed by atoms with van der Waals surface area (Å²) >= 11 is 0. The summed E-state index contributed by atoms with van der Waals surface area (Å²) in [5.74, 6) is -2.91. The molecule has 1 heterocycles. The largest absolute Gasteiger partial charge is 0.504 e. The average Bonchev–Trinajstić information content (AvgIpc) is 3.48. The molecule has 29 heavy (non-hydrogen) atoms. The fraction of sp³-hybridized carbons (Fsp3) is 0.381. The second-order valence-corrected chi connectivity index (χ2v) is 7.17. The van der Waals surface area contributed by atoms with Crippen LogP contribution in [0.2, 0.25) is 0 Å². The molecule has 1 saturated carbocycles. The molecular weight excluding hydrogens is 380 g/mol. The molecule has 1 fully saturated rings. The van der Waals surface area contributed by atoms with Crippen molar-refractivity contribution < 1.29 is 39.2 Å². The topological polar surface area (TPSA) is 130 Å². The monoisotopic (exact) mass is 402 g/mol. The summed E-state index contributed by atoms with van der Waals surface area (Å²) in [5.41, 5.74) is 0.470. The maximum absolute atomic E-state index is 12.5. The summed E-state index contributed by atoms with van der Waals surface area (Å²) in [6, 6.07) is 4.05. The first-order valence-electron chi connectivity index (χ1n) is 9.26. The van der Waals surface area contributed by atoms with Crippen LogP contribution in [-0.4, -0.2) is 51.4 Å². The first-order chi connectivity index (χ1) is 13.8. The molecule has 1 aromatic rings. The minimum absolute atomic E-state index is 0.274. The zero-order valence-electron chi connectivity index (χ0n) is 15.7. The predicted octanol–water partition coefficient (Wildman–Crippen LogP) is 1.48. The third kappa shape index (κ3) is 5.03. The van der Waals surface area contributed by atoms with Gasteiger partial charge >= 0.3 is 11.9 Å². The smallest absolute Gasteiger partial charge is 0.331 e. The number of carbonyl (C=O) groups is 3. The molecule has 1 unspecified atom stereocenters. The van der Waals surface area contributed by atoms with Crippen LogP contribution in [0.5, 0.6) is 11.5 Å². The van der Waals surface area contributed by atoms with Crippen LogP contribution in [0.1, 0.15) is 25.3 Å². The van der Waals surface area contributed by atoms with E-state index in [0.29, 0.717) is 18.4 Å². The average molecular weight is 402 g/mol. The second-order valence-electron chi connectivity index (χ2n) is 7.17. The molecular formula is C21H22O8. The molecule has 3 rings (SSSR count). The van der Waals surface area contributed by atoms with Crippen LogP contribution in [0.15, 0.2) is 36.4 Å². The minimum Gasteiger partial charge on any atom is -0.504 e. The first-order valence-corrected chi connectivity index (χ1v) is 9.26. The fourth-order valence-electron chi connectivity index (χ4n) is 3.32. The predicted molar refractivity (Wildman–Crippen MR) is 101 cm³/mol. The number of ether oxygens (including phenoxy) is 2. The van der Waals surface area contributed by atoms with Crippen LogP contribution in [-0.2, 0) is 23.9 Å². The molecule has 154 valence electrons. The van der Waals surface area contributed by atoms with Gasteiger partial charge < -0.3 is 24.8 Å². The van der Waals surface area contributed by atoms with E-state index in [2.05, 4.69) is 0 Å². The number of rotatable bonds is 7. The highest BCUT2D eigenvalue weighted by Crippen LogP contribution is 2.45. The number of hydrogen-bond acceptors (Lipinski definition) is 8. The van der Waals surface area contributed by atoms with Gasteiger partial charge in [0.05, 0.1) is 6.10 Å². The Morgan fingerprint density at radius 3 is 2.72 bits per heavy atom. The van der Waals surface area contributed by atoms with E-state index in [4.69, 9.17) is 9.47 Å². The number of benzene rings is 1. The molecule has 0 radical (unpaired) electrons. The molecule has 1 aliphatic heterocycles. The Morgan fingerprint density at radius 1 is 1.28 bits per heavy atom. The highest BCUT2D eigenvalue weighted by atomic mass is 16.6. The van der Waals surface area contributed by atoms with Gasteiger partial charge in [-0.05, 0) is 43.0 Å². The fourth-order valence-corrected chi connectivity index (χ4v) is 3.32. The summed E-state index contributed by atoms with van der Waals surface area (Å²) in [6.45, 7) is 1.46. The first kappa shape index (κ1) is 20.6. The van der Waals surface area contributed by atoms with E-state index in [-0.39, 0.29) is 23.2 Å². The Balaban J connectivity index is 1.49. The van der Waals surface area contributed by atoms with Gasteiger partial charge in [-0.15, -0.1) is 0 Å². The number of aliphatic hydroxyl groups is 1. The SMILES string of the molecule is CC(OC(=O)C=Cc1ccc(O)c(O)c1)C(=O)[C@H]1C[C@@H]1[C@H](O)[C@H]1CC=CC(=O)O1. The zero-order chi connectivity index (χ0) is 21.1. The van der Waals surface area contributed by atoms with E-state index in [1.54, 1.807) is 6.08 Å². The summed E-state index contributed by atoms with van der Waals surface area (Å²) in [6.07, 6.45) is 3.67. The number of esters is 2. The van der Waals surface area contributed by atoms with Crippen LogP contribution in [0.4, 0.5) is 0 Å². The summed E-state index contributed by atoms with van der Waals surface area (Å²) in [4.78, 5) is 35.7. The van der Waals surface area contributed by atoms with Gasteiger partial charge in [-0.2, -0.15) is 0 Å².